The van der Waals surface area contributed by atoms with Crippen LogP contribution in [0.3, 0.4) is 0 Å². The highest BCUT2D eigenvalue weighted by Gasteiger charge is 2.11. The fourth-order valence-electron chi connectivity index (χ4n) is 1.57. The summed E-state index contributed by atoms with van der Waals surface area (Å²) in [7, 11) is 0. The van der Waals surface area contributed by atoms with E-state index in [1.807, 2.05) is 6.07 Å². The largest absolute Gasteiger partial charge is 0.478 e. The second kappa shape index (κ2) is 4.55. The molecule has 0 saturated heterocycles. The second-order valence-electron chi connectivity index (χ2n) is 3.65. The fraction of sp³-hybridized carbons (Fsp3) is 0. The van der Waals surface area contributed by atoms with Crippen molar-refractivity contribution in [3.8, 4) is 17.2 Å². The van der Waals surface area contributed by atoms with Crippen LogP contribution in [0, 0.1) is 11.3 Å². The Balaban J connectivity index is 2.54. The molecule has 0 aliphatic carbocycles. The zero-order valence-electron chi connectivity index (χ0n) is 9.29. The van der Waals surface area contributed by atoms with E-state index in [0.29, 0.717) is 11.1 Å². The first-order chi connectivity index (χ1) is 8.61. The van der Waals surface area contributed by atoms with E-state index in [1.165, 1.54) is 12.3 Å². The van der Waals surface area contributed by atoms with E-state index >= 15 is 0 Å². The van der Waals surface area contributed by atoms with Crippen LogP contribution in [0.2, 0.25) is 0 Å². The highest BCUT2D eigenvalue weighted by Crippen LogP contribution is 2.22. The first-order valence-corrected chi connectivity index (χ1v) is 5.11. The number of hydrogen-bond acceptors (Lipinski definition) is 4. The van der Waals surface area contributed by atoms with Gasteiger partial charge in [-0.1, -0.05) is 12.1 Å². The number of hydrogen-bond donors (Lipinski definition) is 2. The third-order valence-electron chi connectivity index (χ3n) is 2.47. The number of aromatic carboxylic acids is 1. The minimum Gasteiger partial charge on any atom is -0.478 e. The number of nitrogen functional groups attached to an aromatic ring is 1. The third kappa shape index (κ3) is 2.13. The summed E-state index contributed by atoms with van der Waals surface area (Å²) in [5.74, 6) is -1.15. The van der Waals surface area contributed by atoms with Crippen molar-refractivity contribution in [1.82, 2.24) is 4.98 Å². The average Bonchev–Trinajstić information content (AvgIpc) is 2.39. The van der Waals surface area contributed by atoms with E-state index in [4.69, 9.17) is 16.1 Å². The minimum atomic E-state index is -1.13. The Labute approximate surface area is 103 Å². The topological polar surface area (TPSA) is 100 Å². The van der Waals surface area contributed by atoms with Gasteiger partial charge >= 0.3 is 5.97 Å². The van der Waals surface area contributed by atoms with Crippen LogP contribution >= 0.6 is 0 Å². The van der Waals surface area contributed by atoms with Gasteiger partial charge in [0.05, 0.1) is 11.6 Å². The summed E-state index contributed by atoms with van der Waals surface area (Å²) in [6.07, 6.45) is 1.48. The van der Waals surface area contributed by atoms with Crippen molar-refractivity contribution in [2.24, 2.45) is 0 Å². The zero-order chi connectivity index (χ0) is 13.1. The molecule has 0 spiro atoms. The molecule has 2 aromatic rings. The van der Waals surface area contributed by atoms with Crippen LogP contribution in [0.4, 0.5) is 5.82 Å². The van der Waals surface area contributed by atoms with Crippen LogP contribution in [0.15, 0.2) is 36.5 Å². The first-order valence-electron chi connectivity index (χ1n) is 5.11. The van der Waals surface area contributed by atoms with Crippen LogP contribution in [-0.2, 0) is 0 Å². The molecular formula is C13H9N3O2. The van der Waals surface area contributed by atoms with Gasteiger partial charge in [-0.2, -0.15) is 5.26 Å². The van der Waals surface area contributed by atoms with Crippen molar-refractivity contribution in [3.63, 3.8) is 0 Å². The molecule has 3 N–H and O–H groups in total. The maximum absolute atomic E-state index is 11.0. The standard InChI is InChI=1S/C13H9N3O2/c14-6-8-2-1-3-9(4-8)10-5-11(13(17)18)12(15)16-7-10/h1-5,7H,(H2,15,16)(H,17,18). The van der Waals surface area contributed by atoms with Gasteiger partial charge in [-0.25, -0.2) is 9.78 Å². The van der Waals surface area contributed by atoms with Crippen molar-refractivity contribution >= 4 is 11.8 Å². The molecule has 0 aliphatic rings. The minimum absolute atomic E-state index is 0.0253. The molecule has 1 aromatic carbocycles. The van der Waals surface area contributed by atoms with E-state index < -0.39 is 5.97 Å². The van der Waals surface area contributed by atoms with Crippen molar-refractivity contribution in [2.45, 2.75) is 0 Å². The van der Waals surface area contributed by atoms with E-state index in [1.54, 1.807) is 24.3 Å². The Bertz CT molecular complexity index is 660. The van der Waals surface area contributed by atoms with Gasteiger partial charge in [0, 0.05) is 11.8 Å². The van der Waals surface area contributed by atoms with Crippen molar-refractivity contribution < 1.29 is 9.90 Å². The number of nitrogens with zero attached hydrogens (tertiary/aromatic N) is 2. The average molecular weight is 239 g/mol. The highest BCUT2D eigenvalue weighted by atomic mass is 16.4. The number of pyridine rings is 1. The van der Waals surface area contributed by atoms with E-state index in [2.05, 4.69) is 4.98 Å². The molecule has 1 heterocycles. The first kappa shape index (κ1) is 11.6. The molecule has 5 heteroatoms. The number of benzene rings is 1. The lowest BCUT2D eigenvalue weighted by molar-refractivity contribution is 0.0697. The number of aromatic nitrogens is 1. The van der Waals surface area contributed by atoms with Gasteiger partial charge in [0.25, 0.3) is 0 Å². The number of rotatable bonds is 2. The van der Waals surface area contributed by atoms with E-state index in [-0.39, 0.29) is 11.4 Å². The number of carboxylic acids is 1. The Morgan fingerprint density at radius 2 is 2.11 bits per heavy atom. The Morgan fingerprint density at radius 3 is 2.78 bits per heavy atom. The predicted octanol–water partition coefficient (Wildman–Crippen LogP) is 1.90. The van der Waals surface area contributed by atoms with Gasteiger partial charge in [0.15, 0.2) is 0 Å². The van der Waals surface area contributed by atoms with Crippen molar-refractivity contribution in [2.75, 3.05) is 5.73 Å². The van der Waals surface area contributed by atoms with E-state index in [0.717, 1.165) is 5.56 Å². The third-order valence-corrected chi connectivity index (χ3v) is 2.47. The number of anilines is 1. The summed E-state index contributed by atoms with van der Waals surface area (Å²) in [5.41, 5.74) is 7.27. The van der Waals surface area contributed by atoms with Gasteiger partial charge < -0.3 is 10.8 Å². The van der Waals surface area contributed by atoms with Gasteiger partial charge in [0.2, 0.25) is 0 Å². The zero-order valence-corrected chi connectivity index (χ0v) is 9.29. The van der Waals surface area contributed by atoms with Crippen LogP contribution in [-0.4, -0.2) is 16.1 Å². The van der Waals surface area contributed by atoms with Crippen molar-refractivity contribution in [1.29, 1.82) is 5.26 Å². The molecule has 0 unspecified atom stereocenters. The molecule has 88 valence electrons. The normalized spacial score (nSPS) is 9.72. The molecular weight excluding hydrogens is 230 g/mol. The van der Waals surface area contributed by atoms with Crippen LogP contribution in [0.1, 0.15) is 15.9 Å². The molecule has 0 atom stereocenters. The molecule has 0 radical (unpaired) electrons. The summed E-state index contributed by atoms with van der Waals surface area (Å²) in [4.78, 5) is 14.8. The Morgan fingerprint density at radius 1 is 1.33 bits per heavy atom. The molecule has 0 amide bonds. The number of carboxylic acid groups (broad SMARTS) is 1. The molecule has 18 heavy (non-hydrogen) atoms. The lowest BCUT2D eigenvalue weighted by Gasteiger charge is -2.05. The maximum atomic E-state index is 11.0. The predicted molar refractivity (Wildman–Crippen MR) is 65.8 cm³/mol. The lowest BCUT2D eigenvalue weighted by Crippen LogP contribution is -2.04. The smallest absolute Gasteiger partial charge is 0.339 e. The van der Waals surface area contributed by atoms with Gasteiger partial charge in [-0.15, -0.1) is 0 Å². The van der Waals surface area contributed by atoms with Crippen LogP contribution in [0.5, 0.6) is 0 Å². The summed E-state index contributed by atoms with van der Waals surface area (Å²) in [5, 5.41) is 17.8. The second-order valence-corrected chi connectivity index (χ2v) is 3.65. The van der Waals surface area contributed by atoms with Crippen LogP contribution < -0.4 is 5.73 Å². The van der Waals surface area contributed by atoms with Crippen molar-refractivity contribution in [3.05, 3.63) is 47.7 Å². The molecule has 5 nitrogen and oxygen atoms in total. The molecule has 0 saturated carbocycles. The Kier molecular flexibility index (Phi) is 2.94. The number of nitriles is 1. The number of nitrogens with two attached hydrogens (primary N) is 1. The summed E-state index contributed by atoms with van der Waals surface area (Å²) in [6.45, 7) is 0. The van der Waals surface area contributed by atoms with Gasteiger partial charge in [0.1, 0.15) is 11.4 Å². The summed E-state index contributed by atoms with van der Waals surface area (Å²) < 4.78 is 0. The molecule has 0 bridgehead atoms. The Hall–Kier alpha value is -2.87. The highest BCUT2D eigenvalue weighted by molar-refractivity contribution is 5.94. The fourth-order valence-corrected chi connectivity index (χ4v) is 1.57. The quantitative estimate of drug-likeness (QED) is 0.833. The van der Waals surface area contributed by atoms with Gasteiger partial charge in [-0.3, -0.25) is 0 Å². The molecule has 2 rings (SSSR count). The van der Waals surface area contributed by atoms with Crippen LogP contribution in [0.25, 0.3) is 11.1 Å². The maximum Gasteiger partial charge on any atom is 0.339 e. The summed E-state index contributed by atoms with van der Waals surface area (Å²) in [6, 6.07) is 10.3. The monoisotopic (exact) mass is 239 g/mol. The molecule has 1 aromatic heterocycles. The molecule has 0 aliphatic heterocycles. The number of carbonyl (C=O) groups is 1. The SMILES string of the molecule is N#Cc1cccc(-c2cnc(N)c(C(=O)O)c2)c1. The van der Waals surface area contributed by atoms with Gasteiger partial charge in [-0.05, 0) is 23.8 Å². The summed E-state index contributed by atoms with van der Waals surface area (Å²) >= 11 is 0. The molecule has 0 fully saturated rings. The van der Waals surface area contributed by atoms with E-state index in [9.17, 15) is 4.79 Å². The lowest BCUT2D eigenvalue weighted by atomic mass is 10.0.